The first-order chi connectivity index (χ1) is 9.16. The van der Waals surface area contributed by atoms with Crippen LogP contribution in [-0.2, 0) is 13.0 Å². The highest BCUT2D eigenvalue weighted by Crippen LogP contribution is 2.34. The summed E-state index contributed by atoms with van der Waals surface area (Å²) in [6, 6.07) is 15.0. The van der Waals surface area contributed by atoms with E-state index in [1.165, 1.54) is 11.3 Å². The summed E-state index contributed by atoms with van der Waals surface area (Å²) in [4.78, 5) is 2.38. The van der Waals surface area contributed by atoms with Gasteiger partial charge in [-0.1, -0.05) is 36.4 Å². The van der Waals surface area contributed by atoms with Crippen molar-refractivity contribution in [2.45, 2.75) is 32.9 Å². The minimum Gasteiger partial charge on any atom is -0.507 e. The first-order valence-electron chi connectivity index (χ1n) is 6.79. The van der Waals surface area contributed by atoms with E-state index in [1.807, 2.05) is 25.1 Å². The van der Waals surface area contributed by atoms with E-state index in [-0.39, 0.29) is 0 Å². The molecule has 0 saturated heterocycles. The Morgan fingerprint density at radius 2 is 1.95 bits per heavy atom. The molecule has 1 aliphatic heterocycles. The molecule has 1 unspecified atom stereocenters. The molecule has 1 atom stereocenters. The second-order valence-electron chi connectivity index (χ2n) is 5.39. The topological polar surface area (TPSA) is 23.5 Å². The van der Waals surface area contributed by atoms with Gasteiger partial charge in [0, 0.05) is 23.8 Å². The standard InChI is InChI=1S/C17H19NO/c1-12-6-5-8-15(17(12)19)11-18-13(2)10-14-7-3-4-9-16(14)18/h3-9,13,19H,10-11H2,1-2H3. The Balaban J connectivity index is 1.93. The summed E-state index contributed by atoms with van der Waals surface area (Å²) >= 11 is 0. The van der Waals surface area contributed by atoms with Crippen LogP contribution in [0, 0.1) is 6.92 Å². The minimum atomic E-state index is 0.430. The molecule has 0 spiro atoms. The molecular formula is C17H19NO. The van der Waals surface area contributed by atoms with Crippen LogP contribution in [0.3, 0.4) is 0 Å². The molecule has 2 nitrogen and oxygen atoms in total. The fourth-order valence-corrected chi connectivity index (χ4v) is 2.90. The Morgan fingerprint density at radius 3 is 2.79 bits per heavy atom. The Kier molecular flexibility index (Phi) is 2.94. The van der Waals surface area contributed by atoms with Gasteiger partial charge in [0.25, 0.3) is 0 Å². The molecule has 98 valence electrons. The number of hydrogen-bond donors (Lipinski definition) is 1. The summed E-state index contributed by atoms with van der Waals surface area (Å²) < 4.78 is 0. The smallest absolute Gasteiger partial charge is 0.123 e. The largest absolute Gasteiger partial charge is 0.507 e. The number of anilines is 1. The molecule has 1 aliphatic rings. The zero-order chi connectivity index (χ0) is 13.4. The molecule has 0 radical (unpaired) electrons. The molecule has 19 heavy (non-hydrogen) atoms. The van der Waals surface area contributed by atoms with Crippen LogP contribution in [0.2, 0.25) is 0 Å². The highest BCUT2D eigenvalue weighted by Gasteiger charge is 2.26. The van der Waals surface area contributed by atoms with E-state index in [0.717, 1.165) is 24.1 Å². The molecule has 3 rings (SSSR count). The highest BCUT2D eigenvalue weighted by molar-refractivity contribution is 5.60. The van der Waals surface area contributed by atoms with Crippen LogP contribution in [0.1, 0.15) is 23.6 Å². The number of nitrogens with zero attached hydrogens (tertiary/aromatic N) is 1. The van der Waals surface area contributed by atoms with Crippen molar-refractivity contribution < 1.29 is 5.11 Å². The molecule has 1 N–H and O–H groups in total. The number of benzene rings is 2. The van der Waals surface area contributed by atoms with Gasteiger partial charge in [-0.25, -0.2) is 0 Å². The van der Waals surface area contributed by atoms with Crippen molar-refractivity contribution >= 4 is 5.69 Å². The summed E-state index contributed by atoms with van der Waals surface area (Å²) in [5, 5.41) is 10.2. The van der Waals surface area contributed by atoms with Crippen LogP contribution in [-0.4, -0.2) is 11.1 Å². The minimum absolute atomic E-state index is 0.430. The number of aryl methyl sites for hydroxylation is 1. The lowest BCUT2D eigenvalue weighted by atomic mass is 10.1. The average Bonchev–Trinajstić information content (AvgIpc) is 2.72. The monoisotopic (exact) mass is 253 g/mol. The van der Waals surface area contributed by atoms with Crippen LogP contribution in [0.5, 0.6) is 5.75 Å². The Morgan fingerprint density at radius 1 is 1.16 bits per heavy atom. The fourth-order valence-electron chi connectivity index (χ4n) is 2.90. The van der Waals surface area contributed by atoms with Crippen LogP contribution in [0.25, 0.3) is 0 Å². The molecule has 0 aliphatic carbocycles. The first-order valence-corrected chi connectivity index (χ1v) is 6.79. The number of aromatic hydroxyl groups is 1. The van der Waals surface area contributed by atoms with Crippen molar-refractivity contribution in [2.75, 3.05) is 4.90 Å². The lowest BCUT2D eigenvalue weighted by molar-refractivity contribution is 0.462. The van der Waals surface area contributed by atoms with Crippen molar-refractivity contribution in [2.24, 2.45) is 0 Å². The maximum atomic E-state index is 10.2. The summed E-state index contributed by atoms with van der Waals surface area (Å²) in [7, 11) is 0. The number of rotatable bonds is 2. The van der Waals surface area contributed by atoms with E-state index in [2.05, 4.69) is 36.1 Å². The number of phenols is 1. The number of hydrogen-bond acceptors (Lipinski definition) is 2. The lowest BCUT2D eigenvalue weighted by Gasteiger charge is -2.25. The van der Waals surface area contributed by atoms with Gasteiger partial charge >= 0.3 is 0 Å². The van der Waals surface area contributed by atoms with Gasteiger partial charge in [0.1, 0.15) is 5.75 Å². The molecule has 1 heterocycles. The second-order valence-corrected chi connectivity index (χ2v) is 5.39. The van der Waals surface area contributed by atoms with E-state index in [9.17, 15) is 5.11 Å². The van der Waals surface area contributed by atoms with E-state index in [0.29, 0.717) is 11.8 Å². The van der Waals surface area contributed by atoms with E-state index < -0.39 is 0 Å². The van der Waals surface area contributed by atoms with Gasteiger partial charge in [0.05, 0.1) is 0 Å². The van der Waals surface area contributed by atoms with Gasteiger partial charge in [0.2, 0.25) is 0 Å². The summed E-state index contributed by atoms with van der Waals surface area (Å²) in [6.45, 7) is 4.96. The van der Waals surface area contributed by atoms with Crippen molar-refractivity contribution in [3.8, 4) is 5.75 Å². The Bertz CT molecular complexity index is 606. The lowest BCUT2D eigenvalue weighted by Crippen LogP contribution is -2.28. The van der Waals surface area contributed by atoms with Crippen LogP contribution >= 0.6 is 0 Å². The second kappa shape index (κ2) is 4.61. The fraction of sp³-hybridized carbons (Fsp3) is 0.294. The molecule has 2 heteroatoms. The van der Waals surface area contributed by atoms with E-state index >= 15 is 0 Å². The number of para-hydroxylation sites is 2. The molecule has 0 fully saturated rings. The maximum absolute atomic E-state index is 10.2. The highest BCUT2D eigenvalue weighted by atomic mass is 16.3. The molecular weight excluding hydrogens is 234 g/mol. The van der Waals surface area contributed by atoms with Gasteiger partial charge in [-0.15, -0.1) is 0 Å². The van der Waals surface area contributed by atoms with Crippen LogP contribution < -0.4 is 4.90 Å². The quantitative estimate of drug-likeness (QED) is 0.883. The summed E-state index contributed by atoms with van der Waals surface area (Å²) in [5.74, 6) is 0.430. The normalized spacial score (nSPS) is 17.6. The van der Waals surface area contributed by atoms with E-state index in [1.54, 1.807) is 0 Å². The summed E-state index contributed by atoms with van der Waals surface area (Å²) in [6.07, 6.45) is 1.09. The Hall–Kier alpha value is -1.96. The van der Waals surface area contributed by atoms with Crippen LogP contribution in [0.4, 0.5) is 5.69 Å². The predicted molar refractivity (Wildman–Crippen MR) is 78.6 cm³/mol. The molecule has 0 saturated carbocycles. The zero-order valence-corrected chi connectivity index (χ0v) is 11.4. The number of phenolic OH excluding ortho intramolecular Hbond substituents is 1. The predicted octanol–water partition coefficient (Wildman–Crippen LogP) is 3.65. The van der Waals surface area contributed by atoms with Gasteiger partial charge in [-0.2, -0.15) is 0 Å². The maximum Gasteiger partial charge on any atom is 0.123 e. The van der Waals surface area contributed by atoms with Gasteiger partial charge < -0.3 is 10.0 Å². The zero-order valence-electron chi connectivity index (χ0n) is 11.4. The third-order valence-electron chi connectivity index (χ3n) is 4.01. The Labute approximate surface area is 114 Å². The third kappa shape index (κ3) is 2.07. The average molecular weight is 253 g/mol. The molecule has 0 aromatic heterocycles. The van der Waals surface area contributed by atoms with Crippen molar-refractivity contribution in [3.05, 3.63) is 59.2 Å². The molecule has 0 bridgehead atoms. The first kappa shape index (κ1) is 12.1. The molecule has 2 aromatic rings. The van der Waals surface area contributed by atoms with E-state index in [4.69, 9.17) is 0 Å². The van der Waals surface area contributed by atoms with Crippen molar-refractivity contribution in [1.82, 2.24) is 0 Å². The SMILES string of the molecule is Cc1cccc(CN2c3ccccc3CC2C)c1O. The van der Waals surface area contributed by atoms with Gasteiger partial charge in [-0.05, 0) is 37.5 Å². The molecule has 0 amide bonds. The summed E-state index contributed by atoms with van der Waals surface area (Å²) in [5.41, 5.74) is 4.65. The number of fused-ring (bicyclic) bond motifs is 1. The van der Waals surface area contributed by atoms with Crippen LogP contribution in [0.15, 0.2) is 42.5 Å². The van der Waals surface area contributed by atoms with Crippen molar-refractivity contribution in [1.29, 1.82) is 0 Å². The molecule has 2 aromatic carbocycles. The van der Waals surface area contributed by atoms with Gasteiger partial charge in [0.15, 0.2) is 0 Å². The van der Waals surface area contributed by atoms with Gasteiger partial charge in [-0.3, -0.25) is 0 Å². The third-order valence-corrected chi connectivity index (χ3v) is 4.01. The van der Waals surface area contributed by atoms with Crippen molar-refractivity contribution in [3.63, 3.8) is 0 Å².